The van der Waals surface area contributed by atoms with Gasteiger partial charge in [0.15, 0.2) is 0 Å². The van der Waals surface area contributed by atoms with Gasteiger partial charge < -0.3 is 0 Å². The number of rotatable bonds is 8. The Morgan fingerprint density at radius 1 is 0.652 bits per heavy atom. The normalized spacial score (nSPS) is 11.4. The Morgan fingerprint density at radius 3 is 1.74 bits per heavy atom. The molecule has 0 heteroatoms. The lowest BCUT2D eigenvalue weighted by molar-refractivity contribution is 0.623. The second-order valence-electron chi connectivity index (χ2n) is 7.59. The summed E-state index contributed by atoms with van der Waals surface area (Å²) >= 11 is 0. The van der Waals surface area contributed by atoms with E-state index in [-0.39, 0.29) is 0 Å². The second kappa shape index (κ2) is 8.91. The molecule has 0 aliphatic rings. The van der Waals surface area contributed by atoms with Gasteiger partial charge in [0.1, 0.15) is 0 Å². The zero-order valence-corrected chi connectivity index (χ0v) is 15.3. The van der Waals surface area contributed by atoms with Gasteiger partial charge in [-0.3, -0.25) is 0 Å². The number of aryl methyl sites for hydroxylation is 1. The molecule has 0 radical (unpaired) electrons. The fourth-order valence-corrected chi connectivity index (χ4v) is 3.39. The predicted octanol–water partition coefficient (Wildman–Crippen LogP) is 6.26. The summed E-state index contributed by atoms with van der Waals surface area (Å²) in [4.78, 5) is 0. The molecular formula is C23H32. The van der Waals surface area contributed by atoms with E-state index < -0.39 is 0 Å². The lowest BCUT2D eigenvalue weighted by atomic mass is 9.88. The molecule has 2 rings (SSSR count). The molecule has 0 saturated heterocycles. The van der Waals surface area contributed by atoms with E-state index in [1.165, 1.54) is 37.7 Å². The molecule has 23 heavy (non-hydrogen) atoms. The molecule has 0 aliphatic heterocycles. The van der Waals surface area contributed by atoms with Crippen LogP contribution in [0.15, 0.2) is 48.5 Å². The molecule has 0 fully saturated rings. The van der Waals surface area contributed by atoms with Gasteiger partial charge >= 0.3 is 0 Å². The van der Waals surface area contributed by atoms with E-state index in [4.69, 9.17) is 0 Å². The van der Waals surface area contributed by atoms with Crippen LogP contribution in [0.4, 0.5) is 0 Å². The average Bonchev–Trinajstić information content (AvgIpc) is 2.50. The zero-order chi connectivity index (χ0) is 16.7. The Labute approximate surface area is 143 Å². The molecule has 0 unspecified atom stereocenters. The maximum atomic E-state index is 2.35. The second-order valence-corrected chi connectivity index (χ2v) is 7.59. The Hall–Kier alpha value is -1.56. The molecule has 0 saturated carbocycles. The van der Waals surface area contributed by atoms with E-state index in [0.717, 1.165) is 11.8 Å². The molecule has 2 aromatic rings. The molecule has 0 spiro atoms. The molecule has 0 nitrogen and oxygen atoms in total. The van der Waals surface area contributed by atoms with E-state index in [1.54, 1.807) is 16.7 Å². The minimum Gasteiger partial charge on any atom is -0.0625 e. The first kappa shape index (κ1) is 17.8. The molecule has 0 amide bonds. The fraction of sp³-hybridized carbons (Fsp3) is 0.478. The first-order valence-electron chi connectivity index (χ1n) is 9.19. The van der Waals surface area contributed by atoms with Crippen LogP contribution >= 0.6 is 0 Å². The van der Waals surface area contributed by atoms with E-state index in [1.807, 2.05) is 0 Å². The average molecular weight is 309 g/mol. The topological polar surface area (TPSA) is 0 Å². The lowest BCUT2D eigenvalue weighted by Gasteiger charge is -2.18. The van der Waals surface area contributed by atoms with Crippen molar-refractivity contribution < 1.29 is 0 Å². The van der Waals surface area contributed by atoms with Crippen molar-refractivity contribution in [3.05, 3.63) is 70.8 Å². The van der Waals surface area contributed by atoms with Crippen LogP contribution in [0.5, 0.6) is 0 Å². The van der Waals surface area contributed by atoms with Gasteiger partial charge in [-0.1, -0.05) is 76.2 Å². The molecule has 0 N–H and O–H groups in total. The molecule has 0 aromatic heterocycles. The Morgan fingerprint density at radius 2 is 1.22 bits per heavy atom. The zero-order valence-electron chi connectivity index (χ0n) is 15.3. The Balaban J connectivity index is 2.12. The fourth-order valence-electron chi connectivity index (χ4n) is 3.39. The highest BCUT2D eigenvalue weighted by atomic mass is 14.2. The van der Waals surface area contributed by atoms with Crippen LogP contribution in [0.3, 0.4) is 0 Å². The third-order valence-corrected chi connectivity index (χ3v) is 4.36. The van der Waals surface area contributed by atoms with E-state index in [0.29, 0.717) is 0 Å². The van der Waals surface area contributed by atoms with Gasteiger partial charge in [-0.05, 0) is 66.2 Å². The minimum absolute atomic E-state index is 0.720. The first-order chi connectivity index (χ1) is 11.1. The van der Waals surface area contributed by atoms with Crippen LogP contribution in [0.25, 0.3) is 0 Å². The monoisotopic (exact) mass is 308 g/mol. The van der Waals surface area contributed by atoms with Gasteiger partial charge in [-0.2, -0.15) is 0 Å². The van der Waals surface area contributed by atoms with Crippen molar-refractivity contribution in [1.82, 2.24) is 0 Å². The van der Waals surface area contributed by atoms with Crippen LogP contribution in [0, 0.1) is 11.8 Å². The van der Waals surface area contributed by atoms with Crippen LogP contribution in [-0.4, -0.2) is 0 Å². The summed E-state index contributed by atoms with van der Waals surface area (Å²) in [5.74, 6) is 1.44. The Bertz CT molecular complexity index is 550. The standard InChI is InChI=1S/C23H32/c1-18(2)16-21-13-9-14-22(17-19(3)4)23(21)15-8-12-20-10-6-5-7-11-20/h5-7,9-11,13-14,18-19H,8,12,15-17H2,1-4H3. The third-order valence-electron chi connectivity index (χ3n) is 4.36. The van der Waals surface area contributed by atoms with Gasteiger partial charge in [-0.15, -0.1) is 0 Å². The van der Waals surface area contributed by atoms with E-state index in [9.17, 15) is 0 Å². The van der Waals surface area contributed by atoms with Gasteiger partial charge in [-0.25, -0.2) is 0 Å². The highest BCUT2D eigenvalue weighted by Crippen LogP contribution is 2.23. The van der Waals surface area contributed by atoms with Gasteiger partial charge in [0.25, 0.3) is 0 Å². The van der Waals surface area contributed by atoms with Gasteiger partial charge in [0.2, 0.25) is 0 Å². The highest BCUT2D eigenvalue weighted by molar-refractivity contribution is 5.36. The van der Waals surface area contributed by atoms with Crippen molar-refractivity contribution in [2.75, 3.05) is 0 Å². The highest BCUT2D eigenvalue weighted by Gasteiger charge is 2.11. The van der Waals surface area contributed by atoms with Crippen LogP contribution < -0.4 is 0 Å². The van der Waals surface area contributed by atoms with Crippen LogP contribution in [0.1, 0.15) is 56.4 Å². The van der Waals surface area contributed by atoms with E-state index >= 15 is 0 Å². The summed E-state index contributed by atoms with van der Waals surface area (Å²) in [6.07, 6.45) is 6.03. The van der Waals surface area contributed by atoms with Gasteiger partial charge in [0, 0.05) is 0 Å². The molecule has 0 heterocycles. The summed E-state index contributed by atoms with van der Waals surface area (Å²) < 4.78 is 0. The maximum absolute atomic E-state index is 2.35. The Kier molecular flexibility index (Phi) is 6.89. The largest absolute Gasteiger partial charge is 0.0625 e. The number of hydrogen-bond donors (Lipinski definition) is 0. The summed E-state index contributed by atoms with van der Waals surface area (Å²) in [7, 11) is 0. The molecule has 0 atom stereocenters. The maximum Gasteiger partial charge on any atom is -0.0253 e. The quantitative estimate of drug-likeness (QED) is 0.540. The van der Waals surface area contributed by atoms with Crippen molar-refractivity contribution in [3.63, 3.8) is 0 Å². The summed E-state index contributed by atoms with van der Waals surface area (Å²) in [5, 5.41) is 0. The predicted molar refractivity (Wildman–Crippen MR) is 102 cm³/mol. The number of hydrogen-bond acceptors (Lipinski definition) is 0. The lowest BCUT2D eigenvalue weighted by Crippen LogP contribution is -2.06. The van der Waals surface area contributed by atoms with E-state index in [2.05, 4.69) is 76.2 Å². The minimum atomic E-state index is 0.720. The van der Waals surface area contributed by atoms with Crippen LogP contribution in [-0.2, 0) is 25.7 Å². The van der Waals surface area contributed by atoms with Crippen molar-refractivity contribution in [2.24, 2.45) is 11.8 Å². The third kappa shape index (κ3) is 5.86. The van der Waals surface area contributed by atoms with Crippen molar-refractivity contribution in [1.29, 1.82) is 0 Å². The van der Waals surface area contributed by atoms with Crippen molar-refractivity contribution >= 4 is 0 Å². The van der Waals surface area contributed by atoms with Crippen LogP contribution in [0.2, 0.25) is 0 Å². The SMILES string of the molecule is CC(C)Cc1cccc(CC(C)C)c1CCCc1ccccc1. The molecule has 0 aliphatic carbocycles. The summed E-state index contributed by atoms with van der Waals surface area (Å²) in [6.45, 7) is 9.29. The molecular weight excluding hydrogens is 276 g/mol. The number of benzene rings is 2. The summed E-state index contributed by atoms with van der Waals surface area (Å²) in [5.41, 5.74) is 6.24. The van der Waals surface area contributed by atoms with Gasteiger partial charge in [0.05, 0.1) is 0 Å². The molecule has 0 bridgehead atoms. The first-order valence-corrected chi connectivity index (χ1v) is 9.19. The molecule has 124 valence electrons. The molecule has 2 aromatic carbocycles. The smallest absolute Gasteiger partial charge is 0.0253 e. The van der Waals surface area contributed by atoms with Crippen molar-refractivity contribution in [2.45, 2.75) is 59.8 Å². The summed E-state index contributed by atoms with van der Waals surface area (Å²) in [6, 6.07) is 17.8. The van der Waals surface area contributed by atoms with Crippen molar-refractivity contribution in [3.8, 4) is 0 Å².